The molecular weight excluding hydrogens is 579 g/mol. The number of benzene rings is 3. The van der Waals surface area contributed by atoms with E-state index in [9.17, 15) is 9.59 Å². The Labute approximate surface area is 266 Å². The third-order valence-corrected chi connectivity index (χ3v) is 9.49. The van der Waals surface area contributed by atoms with E-state index in [0.717, 1.165) is 70.0 Å². The van der Waals surface area contributed by atoms with Crippen molar-refractivity contribution in [3.8, 4) is 0 Å². The van der Waals surface area contributed by atoms with Crippen LogP contribution in [0.25, 0.3) is 0 Å². The predicted octanol–water partition coefficient (Wildman–Crippen LogP) is 5.51. The van der Waals surface area contributed by atoms with E-state index in [0.29, 0.717) is 18.8 Å². The lowest BCUT2D eigenvalue weighted by atomic mass is 9.86. The smallest absolute Gasteiger partial charge is 0.237 e. The molecular formula is C35H42Cl2N4O2. The van der Waals surface area contributed by atoms with Crippen LogP contribution in [0.15, 0.2) is 72.8 Å². The zero-order valence-electron chi connectivity index (χ0n) is 24.6. The molecule has 6 nitrogen and oxygen atoms in total. The van der Waals surface area contributed by atoms with Crippen molar-refractivity contribution in [2.75, 3.05) is 26.2 Å². The lowest BCUT2D eigenvalue weighted by molar-refractivity contribution is -0.128. The number of fused-ring (bicyclic) bond motifs is 1. The molecule has 2 saturated heterocycles. The first-order valence-corrected chi connectivity index (χ1v) is 15.8. The molecule has 3 aromatic rings. The molecule has 0 saturated carbocycles. The van der Waals surface area contributed by atoms with E-state index >= 15 is 0 Å². The summed E-state index contributed by atoms with van der Waals surface area (Å²) in [6.07, 6.45) is 5.28. The Kier molecular flexibility index (Phi) is 10.8. The van der Waals surface area contributed by atoms with Crippen molar-refractivity contribution in [2.45, 2.75) is 69.6 Å². The van der Waals surface area contributed by atoms with Crippen molar-refractivity contribution in [2.24, 2.45) is 0 Å². The predicted molar refractivity (Wildman–Crippen MR) is 175 cm³/mol. The largest absolute Gasteiger partial charge is 0.350 e. The topological polar surface area (TPSA) is 64.7 Å². The Morgan fingerprint density at radius 3 is 2.42 bits per heavy atom. The molecule has 228 valence electrons. The van der Waals surface area contributed by atoms with Gasteiger partial charge in [0.1, 0.15) is 0 Å². The molecule has 0 bridgehead atoms. The molecule has 0 unspecified atom stereocenters. The summed E-state index contributed by atoms with van der Waals surface area (Å²) >= 11 is 6.16. The zero-order valence-corrected chi connectivity index (χ0v) is 26.2. The number of nitrogens with one attached hydrogen (secondary N) is 2. The van der Waals surface area contributed by atoms with Gasteiger partial charge in [0.05, 0.1) is 6.04 Å². The summed E-state index contributed by atoms with van der Waals surface area (Å²) in [5.41, 5.74) is 6.39. The van der Waals surface area contributed by atoms with Gasteiger partial charge in [0.15, 0.2) is 0 Å². The van der Waals surface area contributed by atoms with Gasteiger partial charge in [0.2, 0.25) is 11.8 Å². The monoisotopic (exact) mass is 620 g/mol. The fourth-order valence-corrected chi connectivity index (χ4v) is 7.03. The molecule has 2 atom stereocenters. The fraction of sp³-hybridized carbons (Fsp3) is 0.429. The number of hydrogen-bond acceptors (Lipinski definition) is 4. The average Bonchev–Trinajstić information content (AvgIpc) is 3.42. The van der Waals surface area contributed by atoms with Gasteiger partial charge in [-0.2, -0.15) is 0 Å². The van der Waals surface area contributed by atoms with E-state index in [1.807, 2.05) is 17.0 Å². The maximum Gasteiger partial charge on any atom is 0.237 e. The SMILES string of the molecule is Cl.O=C(N[C@@H](Cc1ccc(Cl)cc1)CN1CCC(c2ccccc2CN2CCCC2=O)CC1)[C@H]1Cc2ccccc2CN1. The highest BCUT2D eigenvalue weighted by Gasteiger charge is 2.29. The number of piperidine rings is 1. The molecule has 0 spiro atoms. The fourth-order valence-electron chi connectivity index (χ4n) is 6.90. The first-order chi connectivity index (χ1) is 20.5. The first-order valence-electron chi connectivity index (χ1n) is 15.4. The number of carbonyl (C=O) groups is 2. The number of rotatable bonds is 9. The Morgan fingerprint density at radius 2 is 1.67 bits per heavy atom. The van der Waals surface area contributed by atoms with Crippen LogP contribution in [0.1, 0.15) is 59.4 Å². The minimum absolute atomic E-state index is 0. The van der Waals surface area contributed by atoms with E-state index in [4.69, 9.17) is 11.6 Å². The third kappa shape index (κ3) is 7.98. The van der Waals surface area contributed by atoms with Gasteiger partial charge < -0.3 is 20.4 Å². The lowest BCUT2D eigenvalue weighted by Gasteiger charge is -2.36. The van der Waals surface area contributed by atoms with Gasteiger partial charge in [-0.1, -0.05) is 72.3 Å². The third-order valence-electron chi connectivity index (χ3n) is 9.23. The summed E-state index contributed by atoms with van der Waals surface area (Å²) in [4.78, 5) is 30.3. The van der Waals surface area contributed by atoms with Gasteiger partial charge >= 0.3 is 0 Å². The number of amides is 2. The van der Waals surface area contributed by atoms with Crippen LogP contribution in [0.4, 0.5) is 0 Å². The molecule has 43 heavy (non-hydrogen) atoms. The van der Waals surface area contributed by atoms with Crippen LogP contribution < -0.4 is 10.6 Å². The van der Waals surface area contributed by atoms with Gasteiger partial charge in [0, 0.05) is 43.7 Å². The van der Waals surface area contributed by atoms with Crippen molar-refractivity contribution in [1.82, 2.24) is 20.4 Å². The van der Waals surface area contributed by atoms with Crippen LogP contribution in [0.3, 0.4) is 0 Å². The molecule has 0 aromatic heterocycles. The van der Waals surface area contributed by atoms with Crippen molar-refractivity contribution in [3.05, 3.63) is 106 Å². The Bertz CT molecular complexity index is 1390. The van der Waals surface area contributed by atoms with Crippen molar-refractivity contribution >= 4 is 35.8 Å². The highest BCUT2D eigenvalue weighted by atomic mass is 35.5. The molecule has 2 amide bonds. The Balaban J connectivity index is 0.00000368. The average molecular weight is 622 g/mol. The second-order valence-corrected chi connectivity index (χ2v) is 12.6. The summed E-state index contributed by atoms with van der Waals surface area (Å²) in [7, 11) is 0. The van der Waals surface area contributed by atoms with Gasteiger partial charge in [-0.05, 0) is 91.1 Å². The number of nitrogens with zero attached hydrogens (tertiary/aromatic N) is 2. The van der Waals surface area contributed by atoms with Crippen LogP contribution in [-0.4, -0.2) is 59.9 Å². The van der Waals surface area contributed by atoms with Gasteiger partial charge in [0.25, 0.3) is 0 Å². The summed E-state index contributed by atoms with van der Waals surface area (Å²) < 4.78 is 0. The molecule has 3 aliphatic rings. The normalized spacial score (nSPS) is 19.9. The molecule has 3 aromatic carbocycles. The minimum Gasteiger partial charge on any atom is -0.350 e. The number of hydrogen-bond donors (Lipinski definition) is 2. The highest BCUT2D eigenvalue weighted by Crippen LogP contribution is 2.32. The summed E-state index contributed by atoms with van der Waals surface area (Å²) in [5.74, 6) is 0.843. The van der Waals surface area contributed by atoms with Crippen LogP contribution >= 0.6 is 24.0 Å². The van der Waals surface area contributed by atoms with E-state index in [-0.39, 0.29) is 36.3 Å². The number of carbonyl (C=O) groups excluding carboxylic acids is 2. The van der Waals surface area contributed by atoms with Gasteiger partial charge in [-0.15, -0.1) is 12.4 Å². The molecule has 3 heterocycles. The number of likely N-dealkylation sites (tertiary alicyclic amines) is 2. The van der Waals surface area contributed by atoms with Crippen LogP contribution in [0.2, 0.25) is 5.02 Å². The van der Waals surface area contributed by atoms with E-state index in [2.05, 4.69) is 76.2 Å². The summed E-state index contributed by atoms with van der Waals surface area (Å²) in [6, 6.07) is 24.8. The van der Waals surface area contributed by atoms with E-state index in [1.165, 1.54) is 27.8 Å². The quantitative estimate of drug-likeness (QED) is 0.331. The Hall–Kier alpha value is -2.90. The van der Waals surface area contributed by atoms with Crippen LogP contribution in [0, 0.1) is 0 Å². The summed E-state index contributed by atoms with van der Waals surface area (Å²) in [6.45, 7) is 5.11. The Morgan fingerprint density at radius 1 is 0.953 bits per heavy atom. The van der Waals surface area contributed by atoms with Crippen LogP contribution in [0.5, 0.6) is 0 Å². The van der Waals surface area contributed by atoms with E-state index < -0.39 is 0 Å². The zero-order chi connectivity index (χ0) is 28.9. The van der Waals surface area contributed by atoms with Crippen molar-refractivity contribution < 1.29 is 9.59 Å². The molecule has 6 rings (SSSR count). The maximum absolute atomic E-state index is 13.5. The molecule has 2 N–H and O–H groups in total. The molecule has 0 radical (unpaired) electrons. The molecule has 2 fully saturated rings. The maximum atomic E-state index is 13.5. The highest BCUT2D eigenvalue weighted by molar-refractivity contribution is 6.30. The van der Waals surface area contributed by atoms with Crippen molar-refractivity contribution in [1.29, 1.82) is 0 Å². The van der Waals surface area contributed by atoms with Crippen molar-refractivity contribution in [3.63, 3.8) is 0 Å². The molecule has 0 aliphatic carbocycles. The first kappa shape index (κ1) is 31.5. The van der Waals surface area contributed by atoms with Gasteiger partial charge in [-0.3, -0.25) is 9.59 Å². The second-order valence-electron chi connectivity index (χ2n) is 12.1. The second kappa shape index (κ2) is 14.7. The number of halogens is 2. The lowest BCUT2D eigenvalue weighted by Crippen LogP contribution is -2.54. The van der Waals surface area contributed by atoms with Gasteiger partial charge in [-0.25, -0.2) is 0 Å². The standard InChI is InChI=1S/C35H41ClN4O2.ClH/c36-30-13-11-25(12-14-30)20-31(38-35(42)33-21-27-6-1-2-7-28(27)22-37-33)24-39-18-15-26(16-19-39)32-9-4-3-8-29(32)23-40-17-5-10-34(40)41;/h1-4,6-9,11-14,26,31,33,37H,5,10,15-24H2,(H,38,42);1H/t31-,33+;/m0./s1. The molecule has 8 heteroatoms. The summed E-state index contributed by atoms with van der Waals surface area (Å²) in [5, 5.41) is 7.58. The van der Waals surface area contributed by atoms with E-state index in [1.54, 1.807) is 0 Å². The molecule has 3 aliphatic heterocycles. The minimum atomic E-state index is -0.225. The van der Waals surface area contributed by atoms with Crippen LogP contribution in [-0.2, 0) is 35.5 Å².